The first-order chi connectivity index (χ1) is 5.72. The molecule has 0 N–H and O–H groups in total. The molecule has 1 rings (SSSR count). The van der Waals surface area contributed by atoms with E-state index in [9.17, 15) is 4.79 Å². The smallest absolute Gasteiger partial charge is 1.00 e. The summed E-state index contributed by atoms with van der Waals surface area (Å²) in [5.74, 6) is -0.180. The third-order valence-corrected chi connectivity index (χ3v) is 2.49. The van der Waals surface area contributed by atoms with Gasteiger partial charge in [-0.15, -0.1) is 0 Å². The van der Waals surface area contributed by atoms with Crippen LogP contribution in [0.25, 0.3) is 0 Å². The minimum atomic E-state index is -0.180. The average Bonchev–Trinajstić information content (AvgIpc) is 2.04. The van der Waals surface area contributed by atoms with E-state index in [1.807, 2.05) is 18.2 Å². The number of benzene rings is 1. The Bertz CT molecular complexity index is 289. The fraction of sp³-hybridized carbons (Fsp3) is 0.222. The second kappa shape index (κ2) is 6.49. The van der Waals surface area contributed by atoms with Crippen LogP contribution in [-0.4, -0.2) is 13.1 Å². The molecule has 2 nitrogen and oxygen atoms in total. The Hall–Kier alpha value is 0.0434. The van der Waals surface area contributed by atoms with E-state index in [1.165, 1.54) is 11.3 Å². The number of hydrogen-bond donors (Lipinski definition) is 0. The second-order valence-corrected chi connectivity index (χ2v) is 4.29. The zero-order valence-corrected chi connectivity index (χ0v) is 12.5. The van der Waals surface area contributed by atoms with Crippen LogP contribution in [0.2, 0.25) is 0 Å². The summed E-state index contributed by atoms with van der Waals surface area (Å²) in [6.45, 7) is 0. The Labute approximate surface area is 105 Å². The number of halogens is 1. The molecular formula is C9H9IO2Zn. The first kappa shape index (κ1) is 13.0. The molecule has 0 aliphatic carbocycles. The number of carbonyl (C=O) groups is 1. The first-order valence-electron chi connectivity index (χ1n) is 3.70. The summed E-state index contributed by atoms with van der Waals surface area (Å²) < 4.78 is 5.85. The first-order valence-corrected chi connectivity index (χ1v) is 5.18. The third kappa shape index (κ3) is 4.72. The van der Waals surface area contributed by atoms with Crippen LogP contribution in [0.15, 0.2) is 24.3 Å². The molecule has 0 saturated carbocycles. The molecule has 1 aromatic rings. The summed E-state index contributed by atoms with van der Waals surface area (Å²) in [5, 5.41) is 0. The Balaban J connectivity index is 0.00000144. The van der Waals surface area contributed by atoms with Gasteiger partial charge < -0.3 is 24.0 Å². The van der Waals surface area contributed by atoms with Gasteiger partial charge in [0.15, 0.2) is 0 Å². The van der Waals surface area contributed by atoms with Crippen molar-refractivity contribution in [3.05, 3.63) is 29.8 Å². The van der Waals surface area contributed by atoms with E-state index in [4.69, 9.17) is 0 Å². The van der Waals surface area contributed by atoms with Crippen molar-refractivity contribution in [1.82, 2.24) is 0 Å². The quantitative estimate of drug-likeness (QED) is 0.340. The molecule has 13 heavy (non-hydrogen) atoms. The van der Waals surface area contributed by atoms with Crippen molar-refractivity contribution in [1.29, 1.82) is 0 Å². The Morgan fingerprint density at radius 2 is 2.23 bits per heavy atom. The zero-order valence-electron chi connectivity index (χ0n) is 7.42. The van der Waals surface area contributed by atoms with E-state index in [0.29, 0.717) is 6.42 Å². The topological polar surface area (TPSA) is 26.3 Å². The molecule has 0 aliphatic heterocycles. The van der Waals surface area contributed by atoms with E-state index in [2.05, 4.69) is 10.8 Å². The normalized spacial score (nSPS) is 8.85. The molecule has 0 spiro atoms. The van der Waals surface area contributed by atoms with Crippen LogP contribution in [0.4, 0.5) is 0 Å². The van der Waals surface area contributed by atoms with Gasteiger partial charge in [0.25, 0.3) is 0 Å². The SMILES string of the molecule is COC(=O)Cc1ccc[c]([Zn+])c1.[I-]. The van der Waals surface area contributed by atoms with Gasteiger partial charge in [-0.3, -0.25) is 0 Å². The van der Waals surface area contributed by atoms with Gasteiger partial charge >= 0.3 is 81.3 Å². The van der Waals surface area contributed by atoms with E-state index < -0.39 is 0 Å². The van der Waals surface area contributed by atoms with Gasteiger partial charge in [0.2, 0.25) is 0 Å². The molecule has 4 heteroatoms. The maximum atomic E-state index is 10.9. The summed E-state index contributed by atoms with van der Waals surface area (Å²) in [4.78, 5) is 10.9. The summed E-state index contributed by atoms with van der Waals surface area (Å²) in [5.41, 5.74) is 1.03. The molecule has 0 heterocycles. The van der Waals surface area contributed by atoms with Crippen LogP contribution < -0.4 is 28.1 Å². The molecule has 0 aromatic heterocycles. The molecule has 1 aromatic carbocycles. The molecule has 0 bridgehead atoms. The summed E-state index contributed by atoms with van der Waals surface area (Å²) >= 11 is 1.12. The fourth-order valence-corrected chi connectivity index (χ4v) is 1.81. The largest absolute Gasteiger partial charge is 1.00 e. The van der Waals surface area contributed by atoms with Crippen LogP contribution in [-0.2, 0) is 34.3 Å². The minimum Gasteiger partial charge on any atom is -1.00 e. The van der Waals surface area contributed by atoms with Gasteiger partial charge in [0, 0.05) is 0 Å². The van der Waals surface area contributed by atoms with Gasteiger partial charge in [0.1, 0.15) is 0 Å². The Morgan fingerprint density at radius 1 is 1.54 bits per heavy atom. The van der Waals surface area contributed by atoms with Crippen molar-refractivity contribution >= 4 is 10.1 Å². The number of rotatable bonds is 2. The van der Waals surface area contributed by atoms with Crippen molar-refractivity contribution in [3.8, 4) is 0 Å². The number of esters is 1. The van der Waals surface area contributed by atoms with Crippen LogP contribution in [0, 0.1) is 0 Å². The molecule has 0 fully saturated rings. The third-order valence-electron chi connectivity index (χ3n) is 1.57. The fourth-order valence-electron chi connectivity index (χ4n) is 0.978. The maximum absolute atomic E-state index is 10.9. The predicted octanol–water partition coefficient (Wildman–Crippen LogP) is -2.42. The van der Waals surface area contributed by atoms with Crippen molar-refractivity contribution in [2.75, 3.05) is 7.11 Å². The Kier molecular flexibility index (Phi) is 6.51. The van der Waals surface area contributed by atoms with Crippen molar-refractivity contribution in [2.24, 2.45) is 0 Å². The van der Waals surface area contributed by atoms with Gasteiger partial charge in [-0.05, 0) is 0 Å². The number of methoxy groups -OCH3 is 1. The monoisotopic (exact) mass is 340 g/mol. The summed E-state index contributed by atoms with van der Waals surface area (Å²) in [6, 6.07) is 8.00. The van der Waals surface area contributed by atoms with Crippen LogP contribution >= 0.6 is 0 Å². The van der Waals surface area contributed by atoms with Gasteiger partial charge in [-0.2, -0.15) is 0 Å². The van der Waals surface area contributed by atoms with E-state index in [1.54, 1.807) is 0 Å². The average molecular weight is 341 g/mol. The molecule has 0 atom stereocenters. The van der Waals surface area contributed by atoms with Gasteiger partial charge in [-0.1, -0.05) is 0 Å². The molecule has 0 unspecified atom stereocenters. The molecule has 0 amide bonds. The van der Waals surface area contributed by atoms with Crippen LogP contribution in [0.3, 0.4) is 0 Å². The van der Waals surface area contributed by atoms with Crippen LogP contribution in [0.5, 0.6) is 0 Å². The van der Waals surface area contributed by atoms with Crippen molar-refractivity contribution in [3.63, 3.8) is 0 Å². The Morgan fingerprint density at radius 3 is 2.77 bits per heavy atom. The minimum absolute atomic E-state index is 0. The van der Waals surface area contributed by atoms with Gasteiger partial charge in [0.05, 0.1) is 0 Å². The number of hydrogen-bond acceptors (Lipinski definition) is 2. The van der Waals surface area contributed by atoms with Gasteiger partial charge in [-0.25, -0.2) is 0 Å². The predicted molar refractivity (Wildman–Crippen MR) is 41.8 cm³/mol. The number of ether oxygens (including phenoxy) is 1. The molecule has 0 aliphatic rings. The van der Waals surface area contributed by atoms with E-state index >= 15 is 0 Å². The molecule has 0 saturated heterocycles. The standard InChI is InChI=1S/C9H9O2.HI.Zn/c1-11-9(10)7-8-5-3-2-4-6-8;;/h2-3,5-6H,7H2,1H3;1H;/q;;+1/p-1. The van der Waals surface area contributed by atoms with Crippen molar-refractivity contribution in [2.45, 2.75) is 6.42 Å². The van der Waals surface area contributed by atoms with E-state index in [0.717, 1.165) is 23.9 Å². The van der Waals surface area contributed by atoms with Crippen molar-refractivity contribution < 1.29 is 51.8 Å². The van der Waals surface area contributed by atoms with Crippen LogP contribution in [0.1, 0.15) is 5.56 Å². The molecule has 66 valence electrons. The number of carbonyl (C=O) groups excluding carboxylic acids is 1. The summed E-state index contributed by atoms with van der Waals surface area (Å²) in [7, 11) is 1.41. The van der Waals surface area contributed by atoms with E-state index in [-0.39, 0.29) is 29.9 Å². The molecule has 0 radical (unpaired) electrons. The second-order valence-electron chi connectivity index (χ2n) is 2.57. The maximum Gasteiger partial charge on any atom is -1.00 e. The molecular weight excluding hydrogens is 332 g/mol. The zero-order chi connectivity index (χ0) is 8.97. The summed E-state index contributed by atoms with van der Waals surface area (Å²) in [6.07, 6.45) is 0.379.